The summed E-state index contributed by atoms with van der Waals surface area (Å²) in [5.74, 6) is 0. The number of hydrogen-bond acceptors (Lipinski definition) is 2. The van der Waals surface area contributed by atoms with Gasteiger partial charge in [-0.05, 0) is 52.9 Å². The summed E-state index contributed by atoms with van der Waals surface area (Å²) in [7, 11) is 0. The van der Waals surface area contributed by atoms with Crippen LogP contribution in [0.25, 0.3) is 10.1 Å². The second kappa shape index (κ2) is 4.94. The Bertz CT molecular complexity index is 823. The molecule has 1 unspecified atom stereocenters. The quantitative estimate of drug-likeness (QED) is 0.645. The number of thiophene rings is 1. The summed E-state index contributed by atoms with van der Waals surface area (Å²) in [6.45, 7) is 0. The molecule has 0 aliphatic heterocycles. The van der Waals surface area contributed by atoms with Gasteiger partial charge in [-0.3, -0.25) is 0 Å². The van der Waals surface area contributed by atoms with Crippen molar-refractivity contribution in [1.82, 2.24) is 0 Å². The Hall–Kier alpha value is -1.16. The zero-order chi connectivity index (χ0) is 14.4. The molecule has 3 heteroatoms. The van der Waals surface area contributed by atoms with Crippen molar-refractivity contribution in [2.75, 3.05) is 0 Å². The minimum absolute atomic E-state index is 0.701. The maximum absolute atomic E-state index is 11.3. The van der Waals surface area contributed by atoms with Crippen molar-refractivity contribution < 1.29 is 5.11 Å². The van der Waals surface area contributed by atoms with Crippen LogP contribution in [0.2, 0.25) is 0 Å². The number of hydrogen-bond donors (Lipinski definition) is 1. The molecule has 0 fully saturated rings. The third kappa shape index (κ3) is 2.24. The van der Waals surface area contributed by atoms with Crippen molar-refractivity contribution in [3.8, 4) is 0 Å². The van der Waals surface area contributed by atoms with Gasteiger partial charge in [0.25, 0.3) is 0 Å². The molecule has 0 bridgehead atoms. The van der Waals surface area contributed by atoms with Gasteiger partial charge in [0, 0.05) is 21.2 Å². The van der Waals surface area contributed by atoms with Crippen LogP contribution in [0.15, 0.2) is 52.3 Å². The molecule has 1 heterocycles. The van der Waals surface area contributed by atoms with E-state index in [4.69, 9.17) is 0 Å². The summed E-state index contributed by atoms with van der Waals surface area (Å²) in [5, 5.41) is 14.6. The van der Waals surface area contributed by atoms with Crippen LogP contribution >= 0.6 is 27.3 Å². The van der Waals surface area contributed by atoms with Crippen LogP contribution in [0, 0.1) is 0 Å². The summed E-state index contributed by atoms with van der Waals surface area (Å²) in [4.78, 5) is 0. The van der Waals surface area contributed by atoms with Crippen LogP contribution in [-0.4, -0.2) is 5.11 Å². The maximum atomic E-state index is 11.3. The molecule has 106 valence electrons. The first-order chi connectivity index (χ1) is 10.2. The highest BCUT2D eigenvalue weighted by Gasteiger charge is 2.35. The summed E-state index contributed by atoms with van der Waals surface area (Å²) < 4.78 is 2.34. The molecular weight excluding hydrogens is 344 g/mol. The topological polar surface area (TPSA) is 20.2 Å². The number of rotatable bonds is 1. The fraction of sp³-hybridized carbons (Fsp3) is 0.222. The third-order valence-electron chi connectivity index (χ3n) is 4.44. The molecule has 1 nitrogen and oxygen atoms in total. The van der Waals surface area contributed by atoms with Gasteiger partial charge in [0.05, 0.1) is 5.60 Å². The van der Waals surface area contributed by atoms with Crippen LogP contribution in [0.1, 0.15) is 23.1 Å². The molecule has 0 spiro atoms. The molecule has 21 heavy (non-hydrogen) atoms. The smallest absolute Gasteiger partial charge is 0.0953 e. The van der Waals surface area contributed by atoms with Crippen molar-refractivity contribution in [2.24, 2.45) is 0 Å². The van der Waals surface area contributed by atoms with Crippen molar-refractivity contribution in [3.05, 3.63) is 69.0 Å². The second-order valence-electron chi connectivity index (χ2n) is 5.77. The van der Waals surface area contributed by atoms with Gasteiger partial charge in [0.2, 0.25) is 0 Å². The van der Waals surface area contributed by atoms with Crippen LogP contribution in [0.3, 0.4) is 0 Å². The predicted molar refractivity (Wildman–Crippen MR) is 91.9 cm³/mol. The van der Waals surface area contributed by atoms with Crippen LogP contribution < -0.4 is 0 Å². The summed E-state index contributed by atoms with van der Waals surface area (Å²) in [6.07, 6.45) is 2.41. The molecule has 4 rings (SSSR count). The molecule has 1 N–H and O–H groups in total. The molecule has 1 atom stereocenters. The minimum atomic E-state index is -0.745. The first-order valence-corrected chi connectivity index (χ1v) is 8.79. The molecule has 2 aromatic carbocycles. The average Bonchev–Trinajstić information content (AvgIpc) is 2.96. The predicted octanol–water partition coefficient (Wildman–Crippen LogP) is 5.04. The maximum Gasteiger partial charge on any atom is 0.0953 e. The molecule has 1 aliphatic carbocycles. The lowest BCUT2D eigenvalue weighted by atomic mass is 9.76. The lowest BCUT2D eigenvalue weighted by Crippen LogP contribution is -2.33. The second-order valence-corrected chi connectivity index (χ2v) is 7.60. The van der Waals surface area contributed by atoms with Gasteiger partial charge in [0.15, 0.2) is 0 Å². The van der Waals surface area contributed by atoms with Gasteiger partial charge in [-0.25, -0.2) is 0 Å². The highest BCUT2D eigenvalue weighted by molar-refractivity contribution is 9.10. The monoisotopic (exact) mass is 358 g/mol. The SMILES string of the molecule is OC1(c2cccc3ccsc23)CCc2cc(Br)ccc2C1. The van der Waals surface area contributed by atoms with Crippen LogP contribution in [0.4, 0.5) is 0 Å². The molecule has 0 amide bonds. The highest BCUT2D eigenvalue weighted by Crippen LogP contribution is 2.41. The van der Waals surface area contributed by atoms with E-state index in [1.54, 1.807) is 11.3 Å². The Morgan fingerprint density at radius 2 is 2.00 bits per heavy atom. The van der Waals surface area contributed by atoms with E-state index < -0.39 is 5.60 Å². The van der Waals surface area contributed by atoms with Gasteiger partial charge < -0.3 is 5.11 Å². The number of aryl methyl sites for hydroxylation is 1. The Labute approximate surface area is 136 Å². The normalized spacial score (nSPS) is 21.4. The van der Waals surface area contributed by atoms with Gasteiger partial charge in [-0.15, -0.1) is 11.3 Å². The van der Waals surface area contributed by atoms with E-state index in [0.717, 1.165) is 22.9 Å². The van der Waals surface area contributed by atoms with E-state index in [1.807, 2.05) is 0 Å². The third-order valence-corrected chi connectivity index (χ3v) is 5.90. The summed E-state index contributed by atoms with van der Waals surface area (Å²) >= 11 is 5.25. The number of halogens is 1. The van der Waals surface area contributed by atoms with Crippen molar-refractivity contribution in [2.45, 2.75) is 24.9 Å². The Balaban J connectivity index is 1.82. The Kier molecular flexibility index (Phi) is 3.18. The first-order valence-electron chi connectivity index (χ1n) is 7.12. The van der Waals surface area contributed by atoms with Crippen molar-refractivity contribution in [3.63, 3.8) is 0 Å². The van der Waals surface area contributed by atoms with Gasteiger partial charge in [-0.1, -0.05) is 40.2 Å². The number of fused-ring (bicyclic) bond motifs is 2. The molecule has 1 aromatic heterocycles. The fourth-order valence-electron chi connectivity index (χ4n) is 3.33. The van der Waals surface area contributed by atoms with Gasteiger partial charge in [-0.2, -0.15) is 0 Å². The Morgan fingerprint density at radius 1 is 1.10 bits per heavy atom. The van der Waals surface area contributed by atoms with Crippen LogP contribution in [-0.2, 0) is 18.4 Å². The molecule has 0 radical (unpaired) electrons. The van der Waals surface area contributed by atoms with Gasteiger partial charge in [0.1, 0.15) is 0 Å². The van der Waals surface area contributed by atoms with E-state index in [0.29, 0.717) is 6.42 Å². The van der Waals surface area contributed by atoms with E-state index in [2.05, 4.69) is 63.8 Å². The molecule has 1 aliphatic rings. The van der Waals surface area contributed by atoms with E-state index in [-0.39, 0.29) is 0 Å². The van der Waals surface area contributed by atoms with E-state index in [1.165, 1.54) is 21.2 Å². The van der Waals surface area contributed by atoms with Gasteiger partial charge >= 0.3 is 0 Å². The lowest BCUT2D eigenvalue weighted by molar-refractivity contribution is 0.0239. The molecule has 3 aromatic rings. The number of aliphatic hydroxyl groups is 1. The zero-order valence-electron chi connectivity index (χ0n) is 11.5. The lowest BCUT2D eigenvalue weighted by Gasteiger charge is -2.34. The molecule has 0 saturated carbocycles. The summed E-state index contributed by atoms with van der Waals surface area (Å²) in [5.41, 5.74) is 2.96. The average molecular weight is 359 g/mol. The van der Waals surface area contributed by atoms with Crippen LogP contribution in [0.5, 0.6) is 0 Å². The van der Waals surface area contributed by atoms with E-state index in [9.17, 15) is 5.11 Å². The number of benzene rings is 2. The largest absolute Gasteiger partial charge is 0.385 e. The highest BCUT2D eigenvalue weighted by atomic mass is 79.9. The minimum Gasteiger partial charge on any atom is -0.385 e. The zero-order valence-corrected chi connectivity index (χ0v) is 13.9. The first kappa shape index (κ1) is 13.5. The van der Waals surface area contributed by atoms with Crippen molar-refractivity contribution in [1.29, 1.82) is 0 Å². The Morgan fingerprint density at radius 3 is 2.90 bits per heavy atom. The fourth-order valence-corrected chi connectivity index (χ4v) is 4.75. The molecule has 0 saturated heterocycles. The standard InChI is InChI=1S/C18H15BrOS/c19-15-5-4-14-11-18(20,8-6-13(14)10-15)16-3-1-2-12-7-9-21-17(12)16/h1-5,7,9-10,20H,6,8,11H2. The van der Waals surface area contributed by atoms with Crippen molar-refractivity contribution >= 4 is 37.4 Å². The van der Waals surface area contributed by atoms with E-state index >= 15 is 0 Å². The molecular formula is C18H15BrOS. The summed E-state index contributed by atoms with van der Waals surface area (Å²) in [6, 6.07) is 14.8.